The lowest BCUT2D eigenvalue weighted by Crippen LogP contribution is -2.37. The van der Waals surface area contributed by atoms with E-state index in [1.54, 1.807) is 12.1 Å². The summed E-state index contributed by atoms with van der Waals surface area (Å²) in [5.41, 5.74) is 0.782. The molecule has 0 radical (unpaired) electrons. The quantitative estimate of drug-likeness (QED) is 0.877. The summed E-state index contributed by atoms with van der Waals surface area (Å²) in [5, 5.41) is 3.38. The second-order valence-electron chi connectivity index (χ2n) is 4.91. The van der Waals surface area contributed by atoms with Gasteiger partial charge in [0.2, 0.25) is 0 Å². The van der Waals surface area contributed by atoms with Crippen LogP contribution < -0.4 is 10.1 Å². The van der Waals surface area contributed by atoms with E-state index < -0.39 is 6.61 Å². The van der Waals surface area contributed by atoms with E-state index in [2.05, 4.69) is 23.9 Å². The van der Waals surface area contributed by atoms with Gasteiger partial charge in [-0.2, -0.15) is 8.78 Å². The summed E-state index contributed by atoms with van der Waals surface area (Å²) in [5.74, 6) is 0.502. The van der Waals surface area contributed by atoms with Crippen molar-refractivity contribution in [2.24, 2.45) is 0 Å². The molecular weight excluding hydrogens is 224 g/mol. The van der Waals surface area contributed by atoms with Gasteiger partial charge in [0.15, 0.2) is 0 Å². The zero-order valence-corrected chi connectivity index (χ0v) is 10.0. The molecule has 1 atom stereocenters. The van der Waals surface area contributed by atoms with Gasteiger partial charge in [-0.3, -0.25) is 0 Å². The molecule has 0 saturated carbocycles. The Hall–Kier alpha value is -1.16. The van der Waals surface area contributed by atoms with Crippen molar-refractivity contribution in [2.45, 2.75) is 38.3 Å². The topological polar surface area (TPSA) is 21.3 Å². The standard InChI is InChI=1S/C13H17F2NO/c1-13(2)10(7-8-16-13)9-5-3-4-6-11(9)17-12(14)15/h3-6,10,12,16H,7-8H2,1-2H3. The van der Waals surface area contributed by atoms with Gasteiger partial charge >= 0.3 is 6.61 Å². The van der Waals surface area contributed by atoms with Crippen LogP contribution >= 0.6 is 0 Å². The van der Waals surface area contributed by atoms with Crippen LogP contribution in [0.5, 0.6) is 5.75 Å². The van der Waals surface area contributed by atoms with Crippen LogP contribution in [0.3, 0.4) is 0 Å². The second-order valence-corrected chi connectivity index (χ2v) is 4.91. The normalized spacial score (nSPS) is 23.0. The highest BCUT2D eigenvalue weighted by Gasteiger charge is 2.36. The fraction of sp³-hybridized carbons (Fsp3) is 0.538. The number of para-hydroxylation sites is 1. The number of rotatable bonds is 3. The van der Waals surface area contributed by atoms with Gasteiger partial charge in [-0.05, 0) is 38.4 Å². The molecule has 4 heteroatoms. The summed E-state index contributed by atoms with van der Waals surface area (Å²) in [4.78, 5) is 0. The van der Waals surface area contributed by atoms with E-state index >= 15 is 0 Å². The monoisotopic (exact) mass is 241 g/mol. The molecule has 1 N–H and O–H groups in total. The molecule has 1 saturated heterocycles. The molecule has 0 aromatic heterocycles. The molecule has 1 unspecified atom stereocenters. The molecule has 1 heterocycles. The summed E-state index contributed by atoms with van der Waals surface area (Å²) in [6, 6.07) is 7.06. The van der Waals surface area contributed by atoms with Gasteiger partial charge in [0.1, 0.15) is 5.75 Å². The van der Waals surface area contributed by atoms with Crippen molar-refractivity contribution in [3.05, 3.63) is 29.8 Å². The Labute approximate surface area is 100.0 Å². The fourth-order valence-corrected chi connectivity index (χ4v) is 2.54. The maximum absolute atomic E-state index is 12.3. The van der Waals surface area contributed by atoms with E-state index in [1.165, 1.54) is 0 Å². The van der Waals surface area contributed by atoms with E-state index in [0.717, 1.165) is 18.5 Å². The Morgan fingerprint density at radius 2 is 2.06 bits per heavy atom. The molecule has 1 aromatic rings. The Bertz CT molecular complexity index is 393. The fourth-order valence-electron chi connectivity index (χ4n) is 2.54. The van der Waals surface area contributed by atoms with E-state index in [0.29, 0.717) is 5.75 Å². The Morgan fingerprint density at radius 3 is 2.65 bits per heavy atom. The average molecular weight is 241 g/mol. The van der Waals surface area contributed by atoms with Crippen LogP contribution in [0.1, 0.15) is 31.7 Å². The number of halogens is 2. The van der Waals surface area contributed by atoms with Crippen molar-refractivity contribution in [1.29, 1.82) is 0 Å². The first-order valence-electron chi connectivity index (χ1n) is 5.79. The van der Waals surface area contributed by atoms with Crippen LogP contribution in [-0.2, 0) is 0 Å². The molecule has 0 amide bonds. The number of hydrogen-bond donors (Lipinski definition) is 1. The van der Waals surface area contributed by atoms with Gasteiger partial charge in [0, 0.05) is 11.5 Å². The lowest BCUT2D eigenvalue weighted by molar-refractivity contribution is -0.0507. The van der Waals surface area contributed by atoms with Crippen molar-refractivity contribution in [3.63, 3.8) is 0 Å². The lowest BCUT2D eigenvalue weighted by Gasteiger charge is -2.28. The molecule has 1 aliphatic heterocycles. The minimum atomic E-state index is -2.77. The summed E-state index contributed by atoms with van der Waals surface area (Å²) in [7, 11) is 0. The van der Waals surface area contributed by atoms with E-state index in [1.807, 2.05) is 12.1 Å². The molecule has 0 aliphatic carbocycles. The molecule has 0 bridgehead atoms. The number of nitrogens with one attached hydrogen (secondary N) is 1. The first kappa shape index (κ1) is 12.3. The van der Waals surface area contributed by atoms with E-state index in [9.17, 15) is 8.78 Å². The highest BCUT2D eigenvalue weighted by molar-refractivity contribution is 5.39. The third kappa shape index (κ3) is 2.57. The summed E-state index contributed by atoms with van der Waals surface area (Å²) in [6.07, 6.45) is 0.941. The largest absolute Gasteiger partial charge is 0.435 e. The second kappa shape index (κ2) is 4.61. The van der Waals surface area contributed by atoms with Crippen LogP contribution in [0, 0.1) is 0 Å². The molecule has 1 aliphatic rings. The van der Waals surface area contributed by atoms with Crippen molar-refractivity contribution in [2.75, 3.05) is 6.54 Å². The zero-order chi connectivity index (χ0) is 12.5. The molecular formula is C13H17F2NO. The van der Waals surface area contributed by atoms with Crippen molar-refractivity contribution >= 4 is 0 Å². The average Bonchev–Trinajstić information content (AvgIpc) is 2.58. The van der Waals surface area contributed by atoms with Crippen LogP contribution in [0.2, 0.25) is 0 Å². The van der Waals surface area contributed by atoms with Gasteiger partial charge in [-0.15, -0.1) is 0 Å². The van der Waals surface area contributed by atoms with Crippen LogP contribution in [0.25, 0.3) is 0 Å². The van der Waals surface area contributed by atoms with Crippen LogP contribution in [0.15, 0.2) is 24.3 Å². The predicted octanol–water partition coefficient (Wildman–Crippen LogP) is 3.14. The number of benzene rings is 1. The van der Waals surface area contributed by atoms with Crippen LogP contribution in [0.4, 0.5) is 8.78 Å². The number of hydrogen-bond acceptors (Lipinski definition) is 2. The lowest BCUT2D eigenvalue weighted by atomic mass is 9.83. The van der Waals surface area contributed by atoms with Gasteiger partial charge < -0.3 is 10.1 Å². The summed E-state index contributed by atoms with van der Waals surface area (Å²) in [6.45, 7) is 2.31. The Balaban J connectivity index is 2.31. The predicted molar refractivity (Wildman–Crippen MR) is 62.5 cm³/mol. The first-order chi connectivity index (χ1) is 8.00. The maximum Gasteiger partial charge on any atom is 0.387 e. The van der Waals surface area contributed by atoms with Gasteiger partial charge in [-0.25, -0.2) is 0 Å². The molecule has 0 spiro atoms. The third-order valence-electron chi connectivity index (χ3n) is 3.40. The highest BCUT2D eigenvalue weighted by Crippen LogP contribution is 2.40. The summed E-state index contributed by atoms with van der Waals surface area (Å²) < 4.78 is 29.3. The molecule has 2 rings (SSSR count). The van der Waals surface area contributed by atoms with E-state index in [-0.39, 0.29) is 11.5 Å². The summed E-state index contributed by atoms with van der Waals surface area (Å²) >= 11 is 0. The molecule has 2 nitrogen and oxygen atoms in total. The molecule has 1 aromatic carbocycles. The van der Waals surface area contributed by atoms with Gasteiger partial charge in [-0.1, -0.05) is 18.2 Å². The highest BCUT2D eigenvalue weighted by atomic mass is 19.3. The molecule has 17 heavy (non-hydrogen) atoms. The van der Waals surface area contributed by atoms with Crippen molar-refractivity contribution in [1.82, 2.24) is 5.32 Å². The minimum Gasteiger partial charge on any atom is -0.435 e. The van der Waals surface area contributed by atoms with Gasteiger partial charge in [0.05, 0.1) is 0 Å². The maximum atomic E-state index is 12.3. The van der Waals surface area contributed by atoms with Crippen LogP contribution in [-0.4, -0.2) is 18.7 Å². The molecule has 94 valence electrons. The smallest absolute Gasteiger partial charge is 0.387 e. The number of ether oxygens (including phenoxy) is 1. The molecule has 1 fully saturated rings. The minimum absolute atomic E-state index is 0.0818. The number of alkyl halides is 2. The first-order valence-corrected chi connectivity index (χ1v) is 5.79. The van der Waals surface area contributed by atoms with E-state index in [4.69, 9.17) is 0 Å². The van der Waals surface area contributed by atoms with Crippen molar-refractivity contribution < 1.29 is 13.5 Å². The van der Waals surface area contributed by atoms with Crippen molar-refractivity contribution in [3.8, 4) is 5.75 Å². The Kier molecular flexibility index (Phi) is 3.33. The van der Waals surface area contributed by atoms with Gasteiger partial charge in [0.25, 0.3) is 0 Å². The third-order valence-corrected chi connectivity index (χ3v) is 3.40. The SMILES string of the molecule is CC1(C)NCCC1c1ccccc1OC(F)F. The zero-order valence-electron chi connectivity index (χ0n) is 10.0. The Morgan fingerprint density at radius 1 is 1.35 bits per heavy atom.